The van der Waals surface area contributed by atoms with E-state index in [1.165, 1.54) is 4.31 Å². The molecule has 0 N–H and O–H groups in total. The largest absolute Gasteiger partial charge is 0.293 e. The van der Waals surface area contributed by atoms with Crippen LogP contribution in [-0.4, -0.2) is 25.1 Å². The van der Waals surface area contributed by atoms with E-state index in [4.69, 9.17) is 0 Å². The van der Waals surface area contributed by atoms with Crippen molar-refractivity contribution in [3.63, 3.8) is 0 Å². The molecule has 1 aliphatic rings. The highest BCUT2D eigenvalue weighted by atomic mass is 32.2. The number of carbonyl (C=O) groups excluding carboxylic acids is 1. The molecule has 0 aromatic heterocycles. The van der Waals surface area contributed by atoms with E-state index in [9.17, 15) is 13.2 Å². The number of hydrogen-bond donors (Lipinski definition) is 0. The fraction of sp³-hybridized carbons (Fsp3) is 0.400. The van der Waals surface area contributed by atoms with Gasteiger partial charge in [0, 0.05) is 13.0 Å². The predicted octanol–water partition coefficient (Wildman–Crippen LogP) is 2.64. The number of carbonyl (C=O) groups is 1. The van der Waals surface area contributed by atoms with Crippen LogP contribution in [0.25, 0.3) is 0 Å². The molecule has 108 valence electrons. The Balaban J connectivity index is 2.42. The number of sulfonamides is 1. The van der Waals surface area contributed by atoms with Gasteiger partial charge in [0.05, 0.1) is 10.6 Å². The summed E-state index contributed by atoms with van der Waals surface area (Å²) in [6.45, 7) is 4.02. The molecular weight excluding hydrogens is 274 g/mol. The molecule has 4 nitrogen and oxygen atoms in total. The second-order valence-corrected chi connectivity index (χ2v) is 6.76. The summed E-state index contributed by atoms with van der Waals surface area (Å²) in [5.74, 6) is -0.125. The van der Waals surface area contributed by atoms with Gasteiger partial charge in [-0.3, -0.25) is 9.10 Å². The van der Waals surface area contributed by atoms with Crippen LogP contribution in [0.3, 0.4) is 0 Å². The average Bonchev–Trinajstić information content (AvgIpc) is 2.47. The first kappa shape index (κ1) is 14.8. The van der Waals surface area contributed by atoms with Crippen LogP contribution in [0.15, 0.2) is 40.9 Å². The number of rotatable bonds is 4. The van der Waals surface area contributed by atoms with Crippen molar-refractivity contribution in [3.05, 3.63) is 41.6 Å². The van der Waals surface area contributed by atoms with E-state index in [2.05, 4.69) is 0 Å². The van der Waals surface area contributed by atoms with Crippen LogP contribution in [0, 0.1) is 6.92 Å². The van der Waals surface area contributed by atoms with E-state index in [0.29, 0.717) is 18.7 Å². The standard InChI is InChI=1S/C15H19NO3S/c1-3-15(17)14-6-4-5-11-16(14)20(18,19)13-9-7-12(2)8-10-13/h6-10H,3-5,11H2,1-2H3. The molecule has 1 aliphatic heterocycles. The number of ketones is 1. The van der Waals surface area contributed by atoms with Crippen LogP contribution in [0.4, 0.5) is 0 Å². The van der Waals surface area contributed by atoms with Gasteiger partial charge in [-0.05, 0) is 31.9 Å². The minimum Gasteiger partial charge on any atom is -0.293 e. The second kappa shape index (κ2) is 5.79. The van der Waals surface area contributed by atoms with E-state index < -0.39 is 10.0 Å². The first-order valence-electron chi connectivity index (χ1n) is 6.79. The third kappa shape index (κ3) is 2.77. The summed E-state index contributed by atoms with van der Waals surface area (Å²) < 4.78 is 26.6. The van der Waals surface area contributed by atoms with E-state index in [1.54, 1.807) is 37.3 Å². The van der Waals surface area contributed by atoms with Gasteiger partial charge in [0.1, 0.15) is 0 Å². The van der Waals surface area contributed by atoms with Gasteiger partial charge in [0.15, 0.2) is 5.78 Å². The Morgan fingerprint density at radius 2 is 1.90 bits per heavy atom. The lowest BCUT2D eigenvalue weighted by Gasteiger charge is -2.29. The van der Waals surface area contributed by atoms with Crippen molar-refractivity contribution in [2.24, 2.45) is 0 Å². The van der Waals surface area contributed by atoms with Crippen LogP contribution in [0.2, 0.25) is 0 Å². The van der Waals surface area contributed by atoms with Crippen molar-refractivity contribution in [2.75, 3.05) is 6.54 Å². The topological polar surface area (TPSA) is 54.5 Å². The third-order valence-corrected chi connectivity index (χ3v) is 5.21. The highest BCUT2D eigenvalue weighted by Crippen LogP contribution is 2.25. The number of nitrogens with zero attached hydrogens (tertiary/aromatic N) is 1. The van der Waals surface area contributed by atoms with Gasteiger partial charge in [-0.25, -0.2) is 8.42 Å². The normalized spacial score (nSPS) is 15.9. The SMILES string of the molecule is CCC(=O)C1=CCCCN1S(=O)(=O)c1ccc(C)cc1. The lowest BCUT2D eigenvalue weighted by atomic mass is 10.1. The van der Waals surface area contributed by atoms with Crippen LogP contribution in [-0.2, 0) is 14.8 Å². The minimum atomic E-state index is -3.64. The van der Waals surface area contributed by atoms with E-state index in [1.807, 2.05) is 6.92 Å². The molecular formula is C15H19NO3S. The molecule has 0 atom stereocenters. The lowest BCUT2D eigenvalue weighted by molar-refractivity contribution is -0.116. The fourth-order valence-electron chi connectivity index (χ4n) is 2.22. The smallest absolute Gasteiger partial charge is 0.264 e. The Bertz CT molecular complexity index is 630. The van der Waals surface area contributed by atoms with Crippen molar-refractivity contribution >= 4 is 15.8 Å². The summed E-state index contributed by atoms with van der Waals surface area (Å²) in [6.07, 6.45) is 3.54. The Morgan fingerprint density at radius 1 is 1.25 bits per heavy atom. The molecule has 0 unspecified atom stereocenters. The van der Waals surface area contributed by atoms with E-state index in [0.717, 1.165) is 18.4 Å². The molecule has 0 saturated carbocycles. The second-order valence-electron chi connectivity index (χ2n) is 4.90. The van der Waals surface area contributed by atoms with Gasteiger partial charge in [0.25, 0.3) is 10.0 Å². The highest BCUT2D eigenvalue weighted by molar-refractivity contribution is 7.89. The Kier molecular flexibility index (Phi) is 4.28. The molecule has 0 amide bonds. The number of benzene rings is 1. The van der Waals surface area contributed by atoms with Crippen LogP contribution >= 0.6 is 0 Å². The highest BCUT2D eigenvalue weighted by Gasteiger charge is 2.30. The molecule has 20 heavy (non-hydrogen) atoms. The summed E-state index contributed by atoms with van der Waals surface area (Å²) in [5.41, 5.74) is 1.32. The van der Waals surface area contributed by atoms with Crippen LogP contribution in [0.5, 0.6) is 0 Å². The van der Waals surface area contributed by atoms with Gasteiger partial charge in [-0.15, -0.1) is 0 Å². The number of allylic oxidation sites excluding steroid dienone is 2. The molecule has 0 fully saturated rings. The number of hydrogen-bond acceptors (Lipinski definition) is 3. The molecule has 0 aliphatic carbocycles. The Hall–Kier alpha value is -1.62. The molecule has 0 spiro atoms. The summed E-state index contributed by atoms with van der Waals surface area (Å²) in [6, 6.07) is 6.71. The van der Waals surface area contributed by atoms with Crippen LogP contribution in [0.1, 0.15) is 31.7 Å². The quantitative estimate of drug-likeness (QED) is 0.857. The maximum atomic E-state index is 12.7. The molecule has 1 aromatic rings. The summed E-state index contributed by atoms with van der Waals surface area (Å²) in [4.78, 5) is 12.2. The third-order valence-electron chi connectivity index (χ3n) is 3.39. The zero-order valence-electron chi connectivity index (χ0n) is 11.8. The minimum absolute atomic E-state index is 0.125. The summed E-state index contributed by atoms with van der Waals surface area (Å²) in [7, 11) is -3.64. The van der Waals surface area contributed by atoms with Crippen molar-refractivity contribution in [3.8, 4) is 0 Å². The Morgan fingerprint density at radius 3 is 2.50 bits per heavy atom. The molecule has 0 saturated heterocycles. The summed E-state index contributed by atoms with van der Waals surface area (Å²) in [5, 5.41) is 0. The Labute approximate surface area is 120 Å². The molecule has 1 aromatic carbocycles. The summed E-state index contributed by atoms with van der Waals surface area (Å²) >= 11 is 0. The van der Waals surface area contributed by atoms with Gasteiger partial charge < -0.3 is 0 Å². The first-order chi connectivity index (χ1) is 9.46. The zero-order valence-corrected chi connectivity index (χ0v) is 12.6. The molecule has 1 heterocycles. The molecule has 0 bridgehead atoms. The zero-order chi connectivity index (χ0) is 14.8. The first-order valence-corrected chi connectivity index (χ1v) is 8.23. The van der Waals surface area contributed by atoms with Gasteiger partial charge in [0.2, 0.25) is 0 Å². The van der Waals surface area contributed by atoms with E-state index in [-0.39, 0.29) is 10.7 Å². The van der Waals surface area contributed by atoms with Gasteiger partial charge in [-0.2, -0.15) is 0 Å². The average molecular weight is 293 g/mol. The van der Waals surface area contributed by atoms with Gasteiger partial charge >= 0.3 is 0 Å². The van der Waals surface area contributed by atoms with Crippen molar-refractivity contribution < 1.29 is 13.2 Å². The maximum Gasteiger partial charge on any atom is 0.264 e. The molecule has 2 rings (SSSR count). The van der Waals surface area contributed by atoms with Crippen molar-refractivity contribution in [1.29, 1.82) is 0 Å². The van der Waals surface area contributed by atoms with E-state index >= 15 is 0 Å². The molecule has 0 radical (unpaired) electrons. The number of aryl methyl sites for hydroxylation is 1. The van der Waals surface area contributed by atoms with Crippen LogP contribution < -0.4 is 0 Å². The van der Waals surface area contributed by atoms with Gasteiger partial charge in [-0.1, -0.05) is 30.7 Å². The molecule has 5 heteroatoms. The fourth-order valence-corrected chi connectivity index (χ4v) is 3.76. The number of Topliss-reactive ketones (excluding diaryl/α,β-unsaturated/α-hetero) is 1. The lowest BCUT2D eigenvalue weighted by Crippen LogP contribution is -2.36. The van der Waals surface area contributed by atoms with Crippen molar-refractivity contribution in [2.45, 2.75) is 38.0 Å². The predicted molar refractivity (Wildman–Crippen MR) is 77.7 cm³/mol. The maximum absolute atomic E-state index is 12.7. The monoisotopic (exact) mass is 293 g/mol. The van der Waals surface area contributed by atoms with Crippen molar-refractivity contribution in [1.82, 2.24) is 4.31 Å².